The van der Waals surface area contributed by atoms with Crippen LogP contribution in [0.4, 0.5) is 5.13 Å². The molecule has 0 aliphatic heterocycles. The maximum atomic E-state index is 12.4. The van der Waals surface area contributed by atoms with Gasteiger partial charge in [0.05, 0.1) is 6.10 Å². The monoisotopic (exact) mass is 386 g/mol. The molecule has 2 heterocycles. The Hall–Kier alpha value is -2.32. The fourth-order valence-electron chi connectivity index (χ4n) is 2.40. The van der Waals surface area contributed by atoms with Gasteiger partial charge in [-0.1, -0.05) is 11.3 Å². The molecule has 1 saturated carbocycles. The molecule has 0 saturated heterocycles. The molecule has 0 unspecified atom stereocenters. The molecule has 134 valence electrons. The SMILES string of the molecule is CC(C)Oc1ccc(-c2nc(C(=O)Nc3nnc(C4CC4)s3)cs2)cc1. The van der Waals surface area contributed by atoms with E-state index in [1.807, 2.05) is 38.1 Å². The first kappa shape index (κ1) is 17.1. The number of carbonyl (C=O) groups is 1. The lowest BCUT2D eigenvalue weighted by Gasteiger charge is -2.09. The van der Waals surface area contributed by atoms with E-state index in [9.17, 15) is 4.79 Å². The molecule has 26 heavy (non-hydrogen) atoms. The number of ether oxygens (including phenoxy) is 1. The van der Waals surface area contributed by atoms with E-state index in [4.69, 9.17) is 4.74 Å². The van der Waals surface area contributed by atoms with Gasteiger partial charge in [0.2, 0.25) is 5.13 Å². The third-order valence-corrected chi connectivity index (χ3v) is 5.69. The summed E-state index contributed by atoms with van der Waals surface area (Å²) in [6.07, 6.45) is 2.47. The number of aromatic nitrogens is 3. The Morgan fingerprint density at radius 3 is 2.69 bits per heavy atom. The molecule has 8 heteroatoms. The van der Waals surface area contributed by atoms with Crippen LogP contribution in [0.1, 0.15) is 48.1 Å². The van der Waals surface area contributed by atoms with Gasteiger partial charge in [-0.15, -0.1) is 21.5 Å². The van der Waals surface area contributed by atoms with Crippen LogP contribution in [0.2, 0.25) is 0 Å². The van der Waals surface area contributed by atoms with Gasteiger partial charge in [-0.3, -0.25) is 10.1 Å². The summed E-state index contributed by atoms with van der Waals surface area (Å²) in [6.45, 7) is 3.98. The standard InChI is InChI=1S/C18H18N4O2S2/c1-10(2)24-13-7-5-11(6-8-13)16-19-14(9-25-16)15(23)20-18-22-21-17(26-18)12-3-4-12/h5-10,12H,3-4H2,1-2H3,(H,20,22,23). The van der Waals surface area contributed by atoms with E-state index in [1.165, 1.54) is 35.5 Å². The summed E-state index contributed by atoms with van der Waals surface area (Å²) in [5, 5.41) is 15.0. The van der Waals surface area contributed by atoms with Crippen molar-refractivity contribution in [3.63, 3.8) is 0 Å². The zero-order chi connectivity index (χ0) is 18.1. The summed E-state index contributed by atoms with van der Waals surface area (Å²) >= 11 is 2.88. The minimum absolute atomic E-state index is 0.136. The summed E-state index contributed by atoms with van der Waals surface area (Å²) in [7, 11) is 0. The van der Waals surface area contributed by atoms with Gasteiger partial charge < -0.3 is 4.74 Å². The van der Waals surface area contributed by atoms with Gasteiger partial charge in [0.15, 0.2) is 0 Å². The van der Waals surface area contributed by atoms with Crippen LogP contribution < -0.4 is 10.1 Å². The summed E-state index contributed by atoms with van der Waals surface area (Å²) in [5.41, 5.74) is 1.34. The molecule has 3 aromatic rings. The van der Waals surface area contributed by atoms with Crippen LogP contribution in [0, 0.1) is 0 Å². The van der Waals surface area contributed by atoms with Crippen molar-refractivity contribution in [2.24, 2.45) is 0 Å². The Morgan fingerprint density at radius 2 is 2.00 bits per heavy atom. The maximum absolute atomic E-state index is 12.4. The Balaban J connectivity index is 1.43. The molecule has 1 aliphatic rings. The van der Waals surface area contributed by atoms with Crippen LogP contribution >= 0.6 is 22.7 Å². The average Bonchev–Trinajstić information content (AvgIpc) is 3.16. The molecule has 1 fully saturated rings. The van der Waals surface area contributed by atoms with Crippen LogP contribution in [0.3, 0.4) is 0 Å². The smallest absolute Gasteiger partial charge is 0.276 e. The van der Waals surface area contributed by atoms with Crippen LogP contribution in [-0.2, 0) is 0 Å². The van der Waals surface area contributed by atoms with Crippen molar-refractivity contribution in [2.75, 3.05) is 5.32 Å². The first-order valence-corrected chi connectivity index (χ1v) is 10.2. The third kappa shape index (κ3) is 3.91. The Morgan fingerprint density at radius 1 is 1.23 bits per heavy atom. The largest absolute Gasteiger partial charge is 0.491 e. The van der Waals surface area contributed by atoms with Crippen molar-refractivity contribution in [2.45, 2.75) is 38.7 Å². The number of amides is 1. The fraction of sp³-hybridized carbons (Fsp3) is 0.333. The van der Waals surface area contributed by atoms with Crippen molar-refractivity contribution in [1.82, 2.24) is 15.2 Å². The molecule has 0 atom stereocenters. The van der Waals surface area contributed by atoms with Gasteiger partial charge in [0, 0.05) is 16.9 Å². The van der Waals surface area contributed by atoms with Crippen molar-refractivity contribution in [3.05, 3.63) is 40.3 Å². The Labute approximate surface area is 159 Å². The highest BCUT2D eigenvalue weighted by atomic mass is 32.1. The van der Waals surface area contributed by atoms with E-state index < -0.39 is 0 Å². The quantitative estimate of drug-likeness (QED) is 0.671. The van der Waals surface area contributed by atoms with Crippen molar-refractivity contribution in [1.29, 1.82) is 0 Å². The first-order valence-electron chi connectivity index (χ1n) is 8.46. The lowest BCUT2D eigenvalue weighted by Crippen LogP contribution is -2.12. The first-order chi connectivity index (χ1) is 12.6. The van der Waals surface area contributed by atoms with Crippen molar-refractivity contribution >= 4 is 33.7 Å². The highest BCUT2D eigenvalue weighted by Gasteiger charge is 2.28. The zero-order valence-electron chi connectivity index (χ0n) is 14.4. The molecule has 0 bridgehead atoms. The minimum atomic E-state index is -0.259. The van der Waals surface area contributed by atoms with E-state index in [-0.39, 0.29) is 12.0 Å². The molecule has 1 N–H and O–H groups in total. The van der Waals surface area contributed by atoms with Gasteiger partial charge in [-0.05, 0) is 51.0 Å². The molecule has 1 aliphatic carbocycles. The van der Waals surface area contributed by atoms with Crippen molar-refractivity contribution < 1.29 is 9.53 Å². The van der Waals surface area contributed by atoms with Crippen molar-refractivity contribution in [3.8, 4) is 16.3 Å². The van der Waals surface area contributed by atoms with E-state index in [1.54, 1.807) is 5.38 Å². The second kappa shape index (κ2) is 7.13. The normalized spacial score (nSPS) is 13.8. The fourth-order valence-corrected chi connectivity index (χ4v) is 4.11. The number of rotatable bonds is 6. The number of hydrogen-bond acceptors (Lipinski definition) is 7. The molecule has 1 amide bonds. The molecule has 1 aromatic carbocycles. The number of nitrogens with one attached hydrogen (secondary N) is 1. The van der Waals surface area contributed by atoms with Gasteiger partial charge >= 0.3 is 0 Å². The molecule has 2 aromatic heterocycles. The van der Waals surface area contributed by atoms with E-state index >= 15 is 0 Å². The molecular formula is C18H18N4O2S2. The highest BCUT2D eigenvalue weighted by Crippen LogP contribution is 2.42. The maximum Gasteiger partial charge on any atom is 0.276 e. The predicted octanol–water partition coefficient (Wildman–Crippen LogP) is 4.58. The van der Waals surface area contributed by atoms with E-state index in [2.05, 4.69) is 20.5 Å². The number of nitrogens with zero attached hydrogens (tertiary/aromatic N) is 3. The number of benzene rings is 1. The summed E-state index contributed by atoms with van der Waals surface area (Å²) < 4.78 is 5.65. The predicted molar refractivity (Wildman–Crippen MR) is 103 cm³/mol. The summed E-state index contributed by atoms with van der Waals surface area (Å²) in [5.74, 6) is 1.10. The van der Waals surface area contributed by atoms with Crippen LogP contribution in [0.25, 0.3) is 10.6 Å². The second-order valence-electron chi connectivity index (χ2n) is 6.40. The summed E-state index contributed by atoms with van der Waals surface area (Å²) in [6, 6.07) is 7.73. The number of anilines is 1. The zero-order valence-corrected chi connectivity index (χ0v) is 16.1. The van der Waals surface area contributed by atoms with Gasteiger partial charge in [0.1, 0.15) is 21.5 Å². The molecular weight excluding hydrogens is 368 g/mol. The topological polar surface area (TPSA) is 77.0 Å². The molecule has 0 radical (unpaired) electrons. The van der Waals surface area contributed by atoms with Crippen LogP contribution in [0.15, 0.2) is 29.6 Å². The van der Waals surface area contributed by atoms with E-state index in [0.29, 0.717) is 16.7 Å². The minimum Gasteiger partial charge on any atom is -0.491 e. The number of thiazole rings is 1. The molecule has 6 nitrogen and oxygen atoms in total. The highest BCUT2D eigenvalue weighted by molar-refractivity contribution is 7.15. The number of carbonyl (C=O) groups excluding carboxylic acids is 1. The lowest BCUT2D eigenvalue weighted by atomic mass is 10.2. The van der Waals surface area contributed by atoms with Crippen LogP contribution in [-0.4, -0.2) is 27.2 Å². The number of hydrogen-bond donors (Lipinski definition) is 1. The van der Waals surface area contributed by atoms with Gasteiger partial charge in [0.25, 0.3) is 5.91 Å². The Bertz CT molecular complexity index is 913. The summed E-state index contributed by atoms with van der Waals surface area (Å²) in [4.78, 5) is 16.8. The second-order valence-corrected chi connectivity index (χ2v) is 8.27. The molecule has 4 rings (SSSR count). The van der Waals surface area contributed by atoms with Gasteiger partial charge in [-0.25, -0.2) is 4.98 Å². The van der Waals surface area contributed by atoms with Crippen LogP contribution in [0.5, 0.6) is 5.75 Å². The molecule has 0 spiro atoms. The van der Waals surface area contributed by atoms with E-state index in [0.717, 1.165) is 21.3 Å². The van der Waals surface area contributed by atoms with Gasteiger partial charge in [-0.2, -0.15) is 0 Å². The average molecular weight is 387 g/mol. The third-order valence-electron chi connectivity index (χ3n) is 3.80. The Kier molecular flexibility index (Phi) is 4.69. The lowest BCUT2D eigenvalue weighted by molar-refractivity contribution is 0.102.